The van der Waals surface area contributed by atoms with Crippen molar-refractivity contribution < 1.29 is 75.2 Å². The zero-order valence-electron chi connectivity index (χ0n) is 19.9. The Morgan fingerprint density at radius 3 is 2.58 bits per heavy atom. The van der Waals surface area contributed by atoms with Crippen LogP contribution >= 0.6 is 22.6 Å². The average Bonchev–Trinajstić information content (AvgIpc) is 2.72. The molecule has 1 heterocycles. The first kappa shape index (κ1) is 28.2. The number of hydrogen-bond acceptors (Lipinski definition) is 6. The zero-order valence-corrected chi connectivity index (χ0v) is 25.0. The number of amides is 1. The fourth-order valence-electron chi connectivity index (χ4n) is 3.01. The minimum atomic E-state index is -3.65. The van der Waals surface area contributed by atoms with Gasteiger partial charge in [-0.05, 0) is 58.8 Å². The van der Waals surface area contributed by atoms with Gasteiger partial charge < -0.3 is 15.5 Å². The SMILES string of the molecule is CNS(=O)(=O)Nc1cccc(Cc2c(C)c3cc(I)c(OC(=O)N(C)C)cc3oc2=O)c1.[H-].[K+]. The largest absolute Gasteiger partial charge is 1.00 e. The van der Waals surface area contributed by atoms with Crippen molar-refractivity contribution in [3.63, 3.8) is 0 Å². The Hall–Kier alpha value is -1.00. The van der Waals surface area contributed by atoms with Crippen molar-refractivity contribution in [1.29, 1.82) is 0 Å². The summed E-state index contributed by atoms with van der Waals surface area (Å²) in [7, 11) is 0.809. The fraction of sp³-hybridized carbons (Fsp3) is 0.238. The smallest absolute Gasteiger partial charge is 1.00 e. The van der Waals surface area contributed by atoms with E-state index >= 15 is 0 Å². The molecule has 3 rings (SSSR count). The third kappa shape index (κ3) is 7.00. The number of nitrogens with zero attached hydrogens (tertiary/aromatic N) is 1. The molecule has 0 atom stereocenters. The number of rotatable bonds is 6. The molecular formula is C21H23IKN3O6S. The second-order valence-corrected chi connectivity index (χ2v) is 10.0. The number of carbonyl (C=O) groups is 1. The standard InChI is InChI=1S/C21H22IN3O6S.K.H/c1-12-15-10-17(22)19(31-21(27)25(3)4)11-18(15)30-20(26)16(12)9-13-6-5-7-14(8-13)24-32(28,29)23-2;;/h5-8,10-11,23-24H,9H2,1-4H3;;/q;+1;-1. The molecule has 0 saturated carbocycles. The van der Waals surface area contributed by atoms with Crippen LogP contribution in [0.2, 0.25) is 0 Å². The van der Waals surface area contributed by atoms with Crippen molar-refractivity contribution in [2.45, 2.75) is 13.3 Å². The topological polar surface area (TPSA) is 118 Å². The molecule has 0 radical (unpaired) electrons. The quantitative estimate of drug-likeness (QED) is 0.236. The van der Waals surface area contributed by atoms with E-state index in [1.54, 1.807) is 44.4 Å². The van der Waals surface area contributed by atoms with E-state index in [0.29, 0.717) is 26.2 Å². The van der Waals surface area contributed by atoms with Crippen LogP contribution < -0.4 is 71.2 Å². The molecule has 0 aliphatic carbocycles. The number of ether oxygens (including phenoxy) is 1. The molecule has 3 aromatic rings. The molecule has 0 aliphatic heterocycles. The number of benzene rings is 2. The molecule has 1 amide bonds. The number of hydrogen-bond donors (Lipinski definition) is 2. The summed E-state index contributed by atoms with van der Waals surface area (Å²) < 4.78 is 39.6. The van der Waals surface area contributed by atoms with E-state index in [4.69, 9.17) is 9.15 Å². The Labute approximate surface area is 249 Å². The Balaban J connectivity index is 0.00000289. The maximum atomic E-state index is 12.7. The van der Waals surface area contributed by atoms with E-state index < -0.39 is 21.9 Å². The predicted octanol–water partition coefficient (Wildman–Crippen LogP) is 0.350. The average molecular weight is 611 g/mol. The fourth-order valence-corrected chi connectivity index (χ4v) is 4.13. The summed E-state index contributed by atoms with van der Waals surface area (Å²) in [5.41, 5.74) is 2.11. The molecule has 0 aliphatic rings. The molecule has 0 unspecified atom stereocenters. The first-order chi connectivity index (χ1) is 15.0. The van der Waals surface area contributed by atoms with Crippen LogP contribution in [0.15, 0.2) is 45.6 Å². The summed E-state index contributed by atoms with van der Waals surface area (Å²) in [6.45, 7) is 1.82. The molecule has 0 fully saturated rings. The predicted molar refractivity (Wildman–Crippen MR) is 132 cm³/mol. The molecule has 2 aromatic carbocycles. The molecule has 172 valence electrons. The first-order valence-corrected chi connectivity index (χ1v) is 12.0. The van der Waals surface area contributed by atoms with Crippen molar-refractivity contribution in [2.24, 2.45) is 0 Å². The van der Waals surface area contributed by atoms with E-state index in [1.165, 1.54) is 18.0 Å². The normalized spacial score (nSPS) is 11.1. The minimum Gasteiger partial charge on any atom is -1.00 e. The number of anilines is 1. The van der Waals surface area contributed by atoms with Crippen LogP contribution in [-0.2, 0) is 16.6 Å². The van der Waals surface area contributed by atoms with Crippen LogP contribution in [-0.4, -0.2) is 40.6 Å². The van der Waals surface area contributed by atoms with Gasteiger partial charge >= 0.3 is 63.1 Å². The van der Waals surface area contributed by atoms with E-state index in [-0.39, 0.29) is 59.2 Å². The van der Waals surface area contributed by atoms with Crippen molar-refractivity contribution in [3.05, 3.63) is 67.1 Å². The van der Waals surface area contributed by atoms with Gasteiger partial charge in [-0.25, -0.2) is 14.3 Å². The van der Waals surface area contributed by atoms with Crippen LogP contribution in [0, 0.1) is 10.5 Å². The number of carbonyl (C=O) groups excluding carboxylic acids is 1. The van der Waals surface area contributed by atoms with Crippen molar-refractivity contribution >= 4 is 55.6 Å². The number of aryl methyl sites for hydroxylation is 1. The molecule has 2 N–H and O–H groups in total. The van der Waals surface area contributed by atoms with Crippen LogP contribution in [0.4, 0.5) is 10.5 Å². The van der Waals surface area contributed by atoms with E-state index in [9.17, 15) is 18.0 Å². The van der Waals surface area contributed by atoms with Gasteiger partial charge in [0.1, 0.15) is 11.3 Å². The van der Waals surface area contributed by atoms with Crippen molar-refractivity contribution in [1.82, 2.24) is 9.62 Å². The molecule has 12 heteroatoms. The Morgan fingerprint density at radius 1 is 1.24 bits per heavy atom. The Kier molecular flexibility index (Phi) is 9.94. The van der Waals surface area contributed by atoms with Gasteiger partial charge in [0.2, 0.25) is 0 Å². The molecule has 1 aromatic heterocycles. The van der Waals surface area contributed by atoms with Crippen LogP contribution in [0.1, 0.15) is 18.1 Å². The summed E-state index contributed by atoms with van der Waals surface area (Å²) in [5.74, 6) is 0.302. The Bertz CT molecular complexity index is 1360. The molecule has 9 nitrogen and oxygen atoms in total. The van der Waals surface area contributed by atoms with Gasteiger partial charge in [-0.1, -0.05) is 12.1 Å². The zero-order chi connectivity index (χ0) is 23.6. The minimum absolute atomic E-state index is 0. The summed E-state index contributed by atoms with van der Waals surface area (Å²) >= 11 is 2.06. The van der Waals surface area contributed by atoms with Gasteiger partial charge in [0, 0.05) is 44.6 Å². The molecule has 0 bridgehead atoms. The van der Waals surface area contributed by atoms with Crippen LogP contribution in [0.5, 0.6) is 5.75 Å². The van der Waals surface area contributed by atoms with Gasteiger partial charge in [0.15, 0.2) is 0 Å². The first-order valence-electron chi connectivity index (χ1n) is 9.46. The van der Waals surface area contributed by atoms with E-state index in [0.717, 1.165) is 16.5 Å². The maximum absolute atomic E-state index is 12.7. The Morgan fingerprint density at radius 2 is 1.94 bits per heavy atom. The molecular weight excluding hydrogens is 588 g/mol. The van der Waals surface area contributed by atoms with E-state index in [1.807, 2.05) is 6.92 Å². The summed E-state index contributed by atoms with van der Waals surface area (Å²) in [4.78, 5) is 25.9. The van der Waals surface area contributed by atoms with Crippen LogP contribution in [0.25, 0.3) is 11.0 Å². The van der Waals surface area contributed by atoms with Crippen molar-refractivity contribution in [3.8, 4) is 5.75 Å². The number of halogens is 1. The molecule has 0 spiro atoms. The van der Waals surface area contributed by atoms with Gasteiger partial charge in [-0.3, -0.25) is 4.72 Å². The van der Waals surface area contributed by atoms with Gasteiger partial charge in [-0.2, -0.15) is 8.42 Å². The monoisotopic (exact) mass is 611 g/mol. The molecule has 33 heavy (non-hydrogen) atoms. The van der Waals surface area contributed by atoms with Crippen LogP contribution in [0.3, 0.4) is 0 Å². The maximum Gasteiger partial charge on any atom is 1.00 e. The second kappa shape index (κ2) is 11.6. The summed E-state index contributed by atoms with van der Waals surface area (Å²) in [6.07, 6.45) is -0.278. The van der Waals surface area contributed by atoms with E-state index in [2.05, 4.69) is 32.0 Å². The van der Waals surface area contributed by atoms with Gasteiger partial charge in [-0.15, -0.1) is 0 Å². The van der Waals surface area contributed by atoms with Crippen molar-refractivity contribution in [2.75, 3.05) is 25.9 Å². The molecule has 0 saturated heterocycles. The third-order valence-corrected chi connectivity index (χ3v) is 6.62. The number of nitrogens with one attached hydrogen (secondary N) is 2. The third-order valence-electron chi connectivity index (χ3n) is 4.73. The summed E-state index contributed by atoms with van der Waals surface area (Å²) in [6, 6.07) is 10.1. The summed E-state index contributed by atoms with van der Waals surface area (Å²) in [5, 5.41) is 0.723. The van der Waals surface area contributed by atoms with Gasteiger partial charge in [0.05, 0.1) is 9.26 Å². The second-order valence-electron chi connectivity index (χ2n) is 7.22. The number of fused-ring (bicyclic) bond motifs is 1. The van der Waals surface area contributed by atoms with Gasteiger partial charge in [0.25, 0.3) is 10.2 Å².